The zero-order valence-corrected chi connectivity index (χ0v) is 12.7. The first-order valence-electron chi connectivity index (χ1n) is 5.28. The van der Waals surface area contributed by atoms with Crippen LogP contribution in [0, 0.1) is 6.92 Å². The number of aliphatic hydroxyl groups is 1. The molecule has 1 aromatic carbocycles. The fourth-order valence-electron chi connectivity index (χ4n) is 1.21. The van der Waals surface area contributed by atoms with Crippen molar-refractivity contribution in [1.29, 1.82) is 0 Å². The number of carboxylic acids is 1. The third kappa shape index (κ3) is 4.00. The number of aryl methyl sites for hydroxylation is 1. The van der Waals surface area contributed by atoms with E-state index in [9.17, 15) is 18.3 Å². The average Bonchev–Trinajstić information content (AvgIpc) is 2.30. The van der Waals surface area contributed by atoms with E-state index in [4.69, 9.17) is 5.11 Å². The molecule has 0 fully saturated rings. The van der Waals surface area contributed by atoms with E-state index in [1.165, 1.54) is 6.07 Å². The third-order valence-corrected chi connectivity index (χ3v) is 4.84. The molecule has 1 rings (SSSR count). The molecule has 8 heteroatoms. The maximum Gasteiger partial charge on any atom is 0.336 e. The van der Waals surface area contributed by atoms with Crippen LogP contribution in [0.2, 0.25) is 0 Å². The molecule has 1 atom stereocenters. The van der Waals surface area contributed by atoms with Crippen molar-refractivity contribution in [3.63, 3.8) is 0 Å². The lowest BCUT2D eigenvalue weighted by Gasteiger charge is -2.18. The van der Waals surface area contributed by atoms with Crippen molar-refractivity contribution in [2.45, 2.75) is 24.3 Å². The molecule has 106 valence electrons. The summed E-state index contributed by atoms with van der Waals surface area (Å²) in [7, 11) is -3.90. The Morgan fingerprint density at radius 2 is 2.05 bits per heavy atom. The first kappa shape index (κ1) is 16.1. The second-order valence-corrected chi connectivity index (χ2v) is 6.93. The van der Waals surface area contributed by atoms with Crippen LogP contribution in [0.15, 0.2) is 27.6 Å². The van der Waals surface area contributed by atoms with Gasteiger partial charge < -0.3 is 10.2 Å². The van der Waals surface area contributed by atoms with E-state index >= 15 is 0 Å². The van der Waals surface area contributed by atoms with E-state index < -0.39 is 28.1 Å². The van der Waals surface area contributed by atoms with Crippen LogP contribution >= 0.6 is 15.9 Å². The Labute approximate surface area is 119 Å². The molecule has 3 N–H and O–H groups in total. The molecular formula is C11H14BrNO5S. The molecule has 1 unspecified atom stereocenters. The molecule has 0 bridgehead atoms. The van der Waals surface area contributed by atoms with E-state index in [0.29, 0.717) is 4.47 Å². The van der Waals surface area contributed by atoms with Crippen LogP contribution in [0.5, 0.6) is 0 Å². The molecule has 0 aliphatic heterocycles. The van der Waals surface area contributed by atoms with Gasteiger partial charge in [0.2, 0.25) is 10.0 Å². The van der Waals surface area contributed by atoms with Gasteiger partial charge >= 0.3 is 5.97 Å². The Balaban J connectivity index is 3.00. The molecule has 6 nitrogen and oxygen atoms in total. The van der Waals surface area contributed by atoms with Crippen LogP contribution in [-0.4, -0.2) is 36.7 Å². The molecule has 0 saturated heterocycles. The predicted octanol–water partition coefficient (Wildman–Crippen LogP) is 0.871. The standard InChI is InChI=1S/C11H14BrNO5S/c1-7-3-4-8(12)9(5-7)19(17,18)13-6-11(2,16)10(14)15/h3-5,13,16H,6H2,1-2H3,(H,14,15). The summed E-state index contributed by atoms with van der Waals surface area (Å²) < 4.78 is 26.5. The number of benzene rings is 1. The first-order chi connectivity index (χ1) is 8.56. The summed E-state index contributed by atoms with van der Waals surface area (Å²) in [5, 5.41) is 18.2. The minimum atomic E-state index is -3.90. The lowest BCUT2D eigenvalue weighted by molar-refractivity contribution is -0.155. The summed E-state index contributed by atoms with van der Waals surface area (Å²) in [5.41, 5.74) is -1.42. The number of rotatable bonds is 5. The summed E-state index contributed by atoms with van der Waals surface area (Å²) in [6.45, 7) is 2.13. The van der Waals surface area contributed by atoms with Crippen molar-refractivity contribution < 1.29 is 23.4 Å². The van der Waals surface area contributed by atoms with Crippen LogP contribution in [-0.2, 0) is 14.8 Å². The van der Waals surface area contributed by atoms with Gasteiger partial charge in [-0.1, -0.05) is 6.07 Å². The van der Waals surface area contributed by atoms with Crippen molar-refractivity contribution in [3.05, 3.63) is 28.2 Å². The van der Waals surface area contributed by atoms with Gasteiger partial charge in [0.05, 0.1) is 11.4 Å². The van der Waals surface area contributed by atoms with Crippen LogP contribution in [0.25, 0.3) is 0 Å². The number of hydrogen-bond donors (Lipinski definition) is 3. The molecule has 0 aliphatic rings. The van der Waals surface area contributed by atoms with Crippen molar-refractivity contribution in [2.24, 2.45) is 0 Å². The van der Waals surface area contributed by atoms with Gasteiger partial charge in [-0.25, -0.2) is 17.9 Å². The highest BCUT2D eigenvalue weighted by Gasteiger charge is 2.32. The van der Waals surface area contributed by atoms with Crippen LogP contribution in [0.3, 0.4) is 0 Å². The fraction of sp³-hybridized carbons (Fsp3) is 0.364. The zero-order valence-electron chi connectivity index (χ0n) is 10.3. The number of carbonyl (C=O) groups is 1. The summed E-state index contributed by atoms with van der Waals surface area (Å²) in [4.78, 5) is 10.7. The largest absolute Gasteiger partial charge is 0.479 e. The molecule has 0 amide bonds. The smallest absolute Gasteiger partial charge is 0.336 e. The molecule has 0 heterocycles. The quantitative estimate of drug-likeness (QED) is 0.730. The van der Waals surface area contributed by atoms with Gasteiger partial charge in [-0.3, -0.25) is 0 Å². The number of halogens is 1. The second-order valence-electron chi connectivity index (χ2n) is 4.34. The summed E-state index contributed by atoms with van der Waals surface area (Å²) in [6.07, 6.45) is 0. The Bertz CT molecular complexity index is 597. The highest BCUT2D eigenvalue weighted by Crippen LogP contribution is 2.23. The van der Waals surface area contributed by atoms with Gasteiger partial charge in [-0.05, 0) is 47.5 Å². The Kier molecular flexibility index (Phi) is 4.72. The van der Waals surface area contributed by atoms with E-state index in [1.807, 2.05) is 0 Å². The monoisotopic (exact) mass is 351 g/mol. The van der Waals surface area contributed by atoms with Gasteiger partial charge in [0.15, 0.2) is 5.60 Å². The number of nitrogens with one attached hydrogen (secondary N) is 1. The molecule has 0 radical (unpaired) electrons. The van der Waals surface area contributed by atoms with Gasteiger partial charge in [0.25, 0.3) is 0 Å². The topological polar surface area (TPSA) is 104 Å². The summed E-state index contributed by atoms with van der Waals surface area (Å²) in [6, 6.07) is 4.76. The number of carboxylic acid groups (broad SMARTS) is 1. The van der Waals surface area contributed by atoms with Crippen molar-refractivity contribution in [2.75, 3.05) is 6.54 Å². The SMILES string of the molecule is Cc1ccc(Br)c(S(=O)(=O)NCC(C)(O)C(=O)O)c1. The minimum absolute atomic E-state index is 0.00584. The second kappa shape index (κ2) is 5.58. The third-order valence-electron chi connectivity index (χ3n) is 2.44. The molecule has 0 saturated carbocycles. The van der Waals surface area contributed by atoms with E-state index in [1.54, 1.807) is 19.1 Å². The van der Waals surface area contributed by atoms with Gasteiger partial charge in [0.1, 0.15) is 0 Å². The lowest BCUT2D eigenvalue weighted by atomic mass is 10.1. The molecular weight excluding hydrogens is 338 g/mol. The average molecular weight is 352 g/mol. The molecule has 0 aromatic heterocycles. The van der Waals surface area contributed by atoms with Crippen molar-refractivity contribution >= 4 is 31.9 Å². The molecule has 1 aromatic rings. The summed E-state index contributed by atoms with van der Waals surface area (Å²) >= 11 is 3.12. The maximum absolute atomic E-state index is 12.0. The Morgan fingerprint density at radius 1 is 1.47 bits per heavy atom. The number of hydrogen-bond acceptors (Lipinski definition) is 4. The van der Waals surface area contributed by atoms with Crippen LogP contribution in [0.4, 0.5) is 0 Å². The lowest BCUT2D eigenvalue weighted by Crippen LogP contribution is -2.46. The van der Waals surface area contributed by atoms with Gasteiger partial charge in [-0.15, -0.1) is 0 Å². The Hall–Kier alpha value is -0.960. The zero-order chi connectivity index (χ0) is 14.8. The molecule has 0 aliphatic carbocycles. The maximum atomic E-state index is 12.0. The van der Waals surface area contributed by atoms with Gasteiger partial charge in [-0.2, -0.15) is 0 Å². The van der Waals surface area contributed by atoms with Crippen LogP contribution in [0.1, 0.15) is 12.5 Å². The predicted molar refractivity (Wildman–Crippen MR) is 72.3 cm³/mol. The minimum Gasteiger partial charge on any atom is -0.479 e. The van der Waals surface area contributed by atoms with E-state index in [2.05, 4.69) is 20.7 Å². The molecule has 0 spiro atoms. The Morgan fingerprint density at radius 3 is 2.58 bits per heavy atom. The van der Waals surface area contributed by atoms with Gasteiger partial charge in [0, 0.05) is 4.47 Å². The van der Waals surface area contributed by atoms with Crippen molar-refractivity contribution in [3.8, 4) is 0 Å². The number of sulfonamides is 1. The van der Waals surface area contributed by atoms with Crippen molar-refractivity contribution in [1.82, 2.24) is 4.72 Å². The summed E-state index contributed by atoms with van der Waals surface area (Å²) in [5.74, 6) is -1.50. The fourth-order valence-corrected chi connectivity index (χ4v) is 3.38. The van der Waals surface area contributed by atoms with E-state index in [0.717, 1.165) is 12.5 Å². The highest BCUT2D eigenvalue weighted by molar-refractivity contribution is 9.10. The van der Waals surface area contributed by atoms with E-state index in [-0.39, 0.29) is 4.90 Å². The normalized spacial score (nSPS) is 14.9. The van der Waals surface area contributed by atoms with Crippen LogP contribution < -0.4 is 4.72 Å². The number of aliphatic carboxylic acids is 1. The highest BCUT2D eigenvalue weighted by atomic mass is 79.9. The first-order valence-corrected chi connectivity index (χ1v) is 7.55. The molecule has 19 heavy (non-hydrogen) atoms.